The molecule has 0 saturated heterocycles. The van der Waals surface area contributed by atoms with E-state index >= 15 is 0 Å². The van der Waals surface area contributed by atoms with Gasteiger partial charge in [0.25, 0.3) is 0 Å². The van der Waals surface area contributed by atoms with Crippen molar-refractivity contribution >= 4 is 5.91 Å². The minimum Gasteiger partial charge on any atom is -0.494 e. The standard InChI is InChI=1S/C20H26N2O2/c1-17-9-6-7-10-18(17)15-21-20(23)16-22(2)13-8-14-24-19-11-4-3-5-12-19/h3-7,9-12H,8,13-16H2,1-2H3,(H,21,23). The highest BCUT2D eigenvalue weighted by Crippen LogP contribution is 2.08. The topological polar surface area (TPSA) is 41.6 Å². The number of hydrogen-bond acceptors (Lipinski definition) is 3. The second kappa shape index (κ2) is 9.73. The van der Waals surface area contributed by atoms with Crippen LogP contribution >= 0.6 is 0 Å². The van der Waals surface area contributed by atoms with Crippen LogP contribution in [0.4, 0.5) is 0 Å². The molecule has 4 nitrogen and oxygen atoms in total. The predicted molar refractivity (Wildman–Crippen MR) is 97.1 cm³/mol. The van der Waals surface area contributed by atoms with Crippen LogP contribution in [-0.4, -0.2) is 37.6 Å². The van der Waals surface area contributed by atoms with Gasteiger partial charge in [-0.15, -0.1) is 0 Å². The molecule has 0 aliphatic carbocycles. The van der Waals surface area contributed by atoms with Crippen LogP contribution in [0.5, 0.6) is 5.75 Å². The number of aryl methyl sites for hydroxylation is 1. The molecule has 2 rings (SSSR count). The summed E-state index contributed by atoms with van der Waals surface area (Å²) in [5.41, 5.74) is 2.36. The lowest BCUT2D eigenvalue weighted by atomic mass is 10.1. The third-order valence-electron chi connectivity index (χ3n) is 3.85. The molecule has 128 valence electrons. The lowest BCUT2D eigenvalue weighted by Gasteiger charge is -2.16. The smallest absolute Gasteiger partial charge is 0.234 e. The number of carbonyl (C=O) groups is 1. The zero-order chi connectivity index (χ0) is 17.2. The van der Waals surface area contributed by atoms with Crippen molar-refractivity contribution < 1.29 is 9.53 Å². The molecule has 2 aromatic carbocycles. The first-order valence-corrected chi connectivity index (χ1v) is 8.33. The number of amides is 1. The number of nitrogens with one attached hydrogen (secondary N) is 1. The Morgan fingerprint density at radius 2 is 1.79 bits per heavy atom. The van der Waals surface area contributed by atoms with E-state index in [1.165, 1.54) is 5.56 Å². The summed E-state index contributed by atoms with van der Waals surface area (Å²) < 4.78 is 5.65. The molecular weight excluding hydrogens is 300 g/mol. The maximum Gasteiger partial charge on any atom is 0.234 e. The highest BCUT2D eigenvalue weighted by atomic mass is 16.5. The number of nitrogens with zero attached hydrogens (tertiary/aromatic N) is 1. The normalized spacial score (nSPS) is 10.6. The molecule has 0 heterocycles. The van der Waals surface area contributed by atoms with E-state index in [1.807, 2.05) is 60.5 Å². The maximum atomic E-state index is 12.0. The first kappa shape index (κ1) is 18.0. The van der Waals surface area contributed by atoms with Gasteiger partial charge in [-0.3, -0.25) is 9.69 Å². The fraction of sp³-hybridized carbons (Fsp3) is 0.350. The largest absolute Gasteiger partial charge is 0.494 e. The van der Waals surface area contributed by atoms with E-state index in [9.17, 15) is 4.79 Å². The summed E-state index contributed by atoms with van der Waals surface area (Å²) in [6, 6.07) is 17.9. The fourth-order valence-corrected chi connectivity index (χ4v) is 2.42. The van der Waals surface area contributed by atoms with Crippen molar-refractivity contribution in [3.63, 3.8) is 0 Å². The molecule has 0 aliphatic rings. The van der Waals surface area contributed by atoms with Crippen LogP contribution in [0.15, 0.2) is 54.6 Å². The van der Waals surface area contributed by atoms with Crippen molar-refractivity contribution in [2.24, 2.45) is 0 Å². The molecule has 0 radical (unpaired) electrons. The van der Waals surface area contributed by atoms with Crippen molar-refractivity contribution in [1.29, 1.82) is 0 Å². The molecule has 0 saturated carbocycles. The molecule has 24 heavy (non-hydrogen) atoms. The fourth-order valence-electron chi connectivity index (χ4n) is 2.42. The van der Waals surface area contributed by atoms with E-state index in [4.69, 9.17) is 4.74 Å². The van der Waals surface area contributed by atoms with Gasteiger partial charge in [-0.25, -0.2) is 0 Å². The predicted octanol–water partition coefficient (Wildman–Crippen LogP) is 3.01. The van der Waals surface area contributed by atoms with Gasteiger partial charge in [-0.05, 0) is 43.7 Å². The first-order valence-electron chi connectivity index (χ1n) is 8.33. The Kier molecular flexibility index (Phi) is 7.30. The van der Waals surface area contributed by atoms with Crippen LogP contribution in [0, 0.1) is 6.92 Å². The maximum absolute atomic E-state index is 12.0. The summed E-state index contributed by atoms with van der Waals surface area (Å²) in [7, 11) is 1.95. The molecule has 0 fully saturated rings. The van der Waals surface area contributed by atoms with Gasteiger partial charge in [0.1, 0.15) is 5.75 Å². The number of benzene rings is 2. The van der Waals surface area contributed by atoms with Crippen LogP contribution < -0.4 is 10.1 Å². The van der Waals surface area contributed by atoms with E-state index < -0.39 is 0 Å². The van der Waals surface area contributed by atoms with Crippen LogP contribution in [-0.2, 0) is 11.3 Å². The second-order valence-corrected chi connectivity index (χ2v) is 5.96. The summed E-state index contributed by atoms with van der Waals surface area (Å²) in [5, 5.41) is 2.98. The Morgan fingerprint density at radius 1 is 1.08 bits per heavy atom. The lowest BCUT2D eigenvalue weighted by Crippen LogP contribution is -2.35. The minimum absolute atomic E-state index is 0.0460. The van der Waals surface area contributed by atoms with E-state index in [0.717, 1.165) is 24.3 Å². The van der Waals surface area contributed by atoms with Crippen LogP contribution in [0.3, 0.4) is 0 Å². The van der Waals surface area contributed by atoms with Gasteiger partial charge in [-0.1, -0.05) is 42.5 Å². The molecule has 0 aromatic heterocycles. The Bertz CT molecular complexity index is 629. The molecule has 0 spiro atoms. The van der Waals surface area contributed by atoms with Crippen molar-refractivity contribution in [1.82, 2.24) is 10.2 Å². The molecular formula is C20H26N2O2. The van der Waals surface area contributed by atoms with Gasteiger partial charge in [0.05, 0.1) is 13.2 Å². The van der Waals surface area contributed by atoms with Crippen molar-refractivity contribution in [3.8, 4) is 5.75 Å². The molecule has 1 N–H and O–H groups in total. The zero-order valence-corrected chi connectivity index (χ0v) is 14.5. The average Bonchev–Trinajstić information content (AvgIpc) is 2.59. The summed E-state index contributed by atoms with van der Waals surface area (Å²) in [6.07, 6.45) is 0.885. The van der Waals surface area contributed by atoms with E-state index in [2.05, 4.69) is 18.3 Å². The van der Waals surface area contributed by atoms with E-state index in [0.29, 0.717) is 19.7 Å². The Labute approximate surface area is 144 Å². The van der Waals surface area contributed by atoms with E-state index in [1.54, 1.807) is 0 Å². The van der Waals surface area contributed by atoms with Gasteiger partial charge in [-0.2, -0.15) is 0 Å². The number of rotatable bonds is 9. The quantitative estimate of drug-likeness (QED) is 0.720. The highest BCUT2D eigenvalue weighted by molar-refractivity contribution is 5.78. The third-order valence-corrected chi connectivity index (χ3v) is 3.85. The SMILES string of the molecule is Cc1ccccc1CNC(=O)CN(C)CCCOc1ccccc1. The molecule has 0 unspecified atom stereocenters. The second-order valence-electron chi connectivity index (χ2n) is 5.96. The number of likely N-dealkylation sites (N-methyl/N-ethyl adjacent to an activating group) is 1. The summed E-state index contributed by atoms with van der Waals surface area (Å²) >= 11 is 0. The molecule has 4 heteroatoms. The van der Waals surface area contributed by atoms with Gasteiger partial charge >= 0.3 is 0 Å². The lowest BCUT2D eigenvalue weighted by molar-refractivity contribution is -0.122. The van der Waals surface area contributed by atoms with Crippen molar-refractivity contribution in [3.05, 3.63) is 65.7 Å². The monoisotopic (exact) mass is 326 g/mol. The van der Waals surface area contributed by atoms with Gasteiger partial charge in [0, 0.05) is 13.1 Å². The van der Waals surface area contributed by atoms with Crippen LogP contribution in [0.25, 0.3) is 0 Å². The number of carbonyl (C=O) groups excluding carboxylic acids is 1. The number of ether oxygens (including phenoxy) is 1. The van der Waals surface area contributed by atoms with E-state index in [-0.39, 0.29) is 5.91 Å². The highest BCUT2D eigenvalue weighted by Gasteiger charge is 2.07. The van der Waals surface area contributed by atoms with Gasteiger partial charge in [0.2, 0.25) is 5.91 Å². The van der Waals surface area contributed by atoms with Crippen molar-refractivity contribution in [2.45, 2.75) is 19.9 Å². The zero-order valence-electron chi connectivity index (χ0n) is 14.5. The average molecular weight is 326 g/mol. The molecule has 2 aromatic rings. The summed E-state index contributed by atoms with van der Waals surface area (Å²) in [6.45, 7) is 4.51. The van der Waals surface area contributed by atoms with Crippen LogP contribution in [0.1, 0.15) is 17.5 Å². The first-order chi connectivity index (χ1) is 11.6. The Balaban J connectivity index is 1.60. The van der Waals surface area contributed by atoms with Gasteiger partial charge in [0.15, 0.2) is 0 Å². The Hall–Kier alpha value is -2.33. The Morgan fingerprint density at radius 3 is 2.54 bits per heavy atom. The van der Waals surface area contributed by atoms with Crippen molar-refractivity contribution in [2.75, 3.05) is 26.7 Å². The molecule has 1 amide bonds. The molecule has 0 aliphatic heterocycles. The third kappa shape index (κ3) is 6.42. The minimum atomic E-state index is 0.0460. The summed E-state index contributed by atoms with van der Waals surface area (Å²) in [4.78, 5) is 14.0. The number of para-hydroxylation sites is 1. The van der Waals surface area contributed by atoms with Gasteiger partial charge < -0.3 is 10.1 Å². The van der Waals surface area contributed by atoms with Crippen LogP contribution in [0.2, 0.25) is 0 Å². The molecule has 0 bridgehead atoms. The molecule has 0 atom stereocenters. The number of hydrogen-bond donors (Lipinski definition) is 1. The summed E-state index contributed by atoms with van der Waals surface area (Å²) in [5.74, 6) is 0.931.